The molecule has 1 N–H and O–H groups in total. The lowest BCUT2D eigenvalue weighted by molar-refractivity contribution is -0.125. The maximum absolute atomic E-state index is 12.8. The normalized spacial score (nSPS) is 17.2. The lowest BCUT2D eigenvalue weighted by atomic mass is 9.97. The van der Waals surface area contributed by atoms with E-state index in [0.717, 1.165) is 24.3 Å². The first-order valence-corrected chi connectivity index (χ1v) is 9.88. The van der Waals surface area contributed by atoms with Crippen LogP contribution in [0.5, 0.6) is 0 Å². The zero-order valence-corrected chi connectivity index (χ0v) is 15.9. The molecule has 7 nitrogen and oxygen atoms in total. The summed E-state index contributed by atoms with van der Waals surface area (Å²) in [6.45, 7) is 1.78. The predicted octanol–water partition coefficient (Wildman–Crippen LogP) is 1.92. The van der Waals surface area contributed by atoms with Crippen LogP contribution in [0.2, 0.25) is 0 Å². The van der Waals surface area contributed by atoms with E-state index in [9.17, 15) is 9.59 Å². The van der Waals surface area contributed by atoms with Gasteiger partial charge in [0.25, 0.3) is 5.56 Å². The Balaban J connectivity index is 1.53. The second-order valence-electron chi connectivity index (χ2n) is 6.73. The van der Waals surface area contributed by atoms with Gasteiger partial charge in [0.15, 0.2) is 11.5 Å². The monoisotopic (exact) mass is 383 g/mol. The standard InChI is InChI=1S/C19H21N5O2S/c1-23-16-15(7-2-8-20-16)22-17(19(23)26)24-9-3-5-13(12-24)18(25)21-11-14-6-4-10-27-14/h2,4,6-8,10,13H,3,5,9,11-12H2,1H3,(H,21,25). The highest BCUT2D eigenvalue weighted by molar-refractivity contribution is 7.09. The average Bonchev–Trinajstić information content (AvgIpc) is 3.22. The van der Waals surface area contributed by atoms with Gasteiger partial charge in [-0.3, -0.25) is 14.2 Å². The van der Waals surface area contributed by atoms with Crippen molar-refractivity contribution in [1.29, 1.82) is 0 Å². The summed E-state index contributed by atoms with van der Waals surface area (Å²) in [6, 6.07) is 7.64. The van der Waals surface area contributed by atoms with E-state index in [1.54, 1.807) is 30.6 Å². The zero-order valence-electron chi connectivity index (χ0n) is 15.1. The third-order valence-corrected chi connectivity index (χ3v) is 5.79. The SMILES string of the molecule is Cn1c(=O)c(N2CCCC(C(=O)NCc3cccs3)C2)nc2cccnc21. The molecule has 1 fully saturated rings. The van der Waals surface area contributed by atoms with Crippen molar-refractivity contribution in [3.63, 3.8) is 0 Å². The molecule has 3 aromatic rings. The van der Waals surface area contributed by atoms with Gasteiger partial charge in [-0.25, -0.2) is 9.97 Å². The number of aromatic nitrogens is 3. The average molecular weight is 383 g/mol. The van der Waals surface area contributed by atoms with Crippen LogP contribution in [0, 0.1) is 5.92 Å². The van der Waals surface area contributed by atoms with Crippen molar-refractivity contribution < 1.29 is 4.79 Å². The van der Waals surface area contributed by atoms with Crippen LogP contribution in [-0.4, -0.2) is 33.5 Å². The first-order chi connectivity index (χ1) is 13.1. The highest BCUT2D eigenvalue weighted by Crippen LogP contribution is 2.21. The van der Waals surface area contributed by atoms with Gasteiger partial charge in [-0.15, -0.1) is 11.3 Å². The molecule has 8 heteroatoms. The molecule has 27 heavy (non-hydrogen) atoms. The van der Waals surface area contributed by atoms with Gasteiger partial charge < -0.3 is 10.2 Å². The minimum Gasteiger partial charge on any atom is -0.351 e. The molecule has 1 unspecified atom stereocenters. The van der Waals surface area contributed by atoms with Crippen LogP contribution in [0.1, 0.15) is 17.7 Å². The molecular weight excluding hydrogens is 362 g/mol. The van der Waals surface area contributed by atoms with E-state index >= 15 is 0 Å². The Morgan fingerprint density at radius 3 is 3.07 bits per heavy atom. The largest absolute Gasteiger partial charge is 0.351 e. The lowest BCUT2D eigenvalue weighted by Gasteiger charge is -2.32. The molecule has 0 aliphatic carbocycles. The number of amides is 1. The predicted molar refractivity (Wildman–Crippen MR) is 106 cm³/mol. The number of carbonyl (C=O) groups excluding carboxylic acids is 1. The number of aryl methyl sites for hydroxylation is 1. The molecular formula is C19H21N5O2S. The number of thiophene rings is 1. The van der Waals surface area contributed by atoms with E-state index in [-0.39, 0.29) is 17.4 Å². The number of fused-ring (bicyclic) bond motifs is 1. The van der Waals surface area contributed by atoms with Gasteiger partial charge in [0.05, 0.1) is 12.5 Å². The number of carbonyl (C=O) groups is 1. The third kappa shape index (κ3) is 3.57. The maximum Gasteiger partial charge on any atom is 0.294 e. The van der Waals surface area contributed by atoms with E-state index < -0.39 is 0 Å². The van der Waals surface area contributed by atoms with E-state index in [4.69, 9.17) is 0 Å². The summed E-state index contributed by atoms with van der Waals surface area (Å²) < 4.78 is 1.53. The number of nitrogens with one attached hydrogen (secondary N) is 1. The van der Waals surface area contributed by atoms with Crippen LogP contribution in [0.3, 0.4) is 0 Å². The molecule has 0 saturated carbocycles. The Bertz CT molecular complexity index is 1010. The molecule has 1 aliphatic rings. The van der Waals surface area contributed by atoms with Crippen molar-refractivity contribution in [2.24, 2.45) is 13.0 Å². The Hall–Kier alpha value is -2.74. The number of anilines is 1. The van der Waals surface area contributed by atoms with Crippen LogP contribution in [0.25, 0.3) is 11.2 Å². The first kappa shape index (κ1) is 17.7. The summed E-state index contributed by atoms with van der Waals surface area (Å²) in [6.07, 6.45) is 3.33. The highest BCUT2D eigenvalue weighted by Gasteiger charge is 2.28. The van der Waals surface area contributed by atoms with E-state index in [0.29, 0.717) is 30.1 Å². The third-order valence-electron chi connectivity index (χ3n) is 4.91. The van der Waals surface area contributed by atoms with Crippen molar-refractivity contribution in [2.75, 3.05) is 18.0 Å². The highest BCUT2D eigenvalue weighted by atomic mass is 32.1. The van der Waals surface area contributed by atoms with Gasteiger partial charge in [-0.2, -0.15) is 0 Å². The fraction of sp³-hybridized carbons (Fsp3) is 0.368. The van der Waals surface area contributed by atoms with Crippen molar-refractivity contribution >= 4 is 34.2 Å². The summed E-state index contributed by atoms with van der Waals surface area (Å²) in [5, 5.41) is 5.01. The van der Waals surface area contributed by atoms with Crippen LogP contribution in [0.4, 0.5) is 5.82 Å². The number of hydrogen-bond donors (Lipinski definition) is 1. The topological polar surface area (TPSA) is 80.1 Å². The van der Waals surface area contributed by atoms with Crippen LogP contribution >= 0.6 is 11.3 Å². The molecule has 1 atom stereocenters. The zero-order chi connectivity index (χ0) is 18.8. The minimum absolute atomic E-state index is 0.0346. The van der Waals surface area contributed by atoms with Crippen LogP contribution in [-0.2, 0) is 18.4 Å². The molecule has 1 aliphatic heterocycles. The van der Waals surface area contributed by atoms with Crippen molar-refractivity contribution in [3.05, 3.63) is 51.1 Å². The molecule has 140 valence electrons. The van der Waals surface area contributed by atoms with Crippen molar-refractivity contribution in [3.8, 4) is 0 Å². The van der Waals surface area contributed by atoms with Gasteiger partial charge in [0, 0.05) is 31.2 Å². The molecule has 0 spiro atoms. The van der Waals surface area contributed by atoms with Gasteiger partial charge in [0.1, 0.15) is 5.52 Å². The van der Waals surface area contributed by atoms with E-state index in [2.05, 4.69) is 15.3 Å². The number of nitrogens with zero attached hydrogens (tertiary/aromatic N) is 4. The number of piperidine rings is 1. The quantitative estimate of drug-likeness (QED) is 0.745. The molecule has 1 amide bonds. The van der Waals surface area contributed by atoms with Crippen LogP contribution in [0.15, 0.2) is 40.6 Å². The van der Waals surface area contributed by atoms with Gasteiger partial charge in [-0.1, -0.05) is 6.07 Å². The fourth-order valence-corrected chi connectivity index (χ4v) is 4.11. The second-order valence-corrected chi connectivity index (χ2v) is 7.76. The Kier molecular flexibility index (Phi) is 4.89. The minimum atomic E-state index is -0.180. The summed E-state index contributed by atoms with van der Waals surface area (Å²) in [5.74, 6) is 0.288. The number of pyridine rings is 1. The lowest BCUT2D eigenvalue weighted by Crippen LogP contribution is -2.45. The molecule has 3 aromatic heterocycles. The molecule has 1 saturated heterocycles. The van der Waals surface area contributed by atoms with Gasteiger partial charge in [0.2, 0.25) is 5.91 Å². The van der Waals surface area contributed by atoms with E-state index in [1.807, 2.05) is 28.5 Å². The molecule has 0 radical (unpaired) electrons. The number of hydrogen-bond acceptors (Lipinski definition) is 6. The van der Waals surface area contributed by atoms with Crippen LogP contribution < -0.4 is 15.8 Å². The summed E-state index contributed by atoms with van der Waals surface area (Å²) in [7, 11) is 1.71. The smallest absolute Gasteiger partial charge is 0.294 e. The van der Waals surface area contributed by atoms with Gasteiger partial charge >= 0.3 is 0 Å². The summed E-state index contributed by atoms with van der Waals surface area (Å²) in [4.78, 5) is 37.2. The first-order valence-electron chi connectivity index (χ1n) is 9.00. The molecule has 0 bridgehead atoms. The Labute approximate surface area is 160 Å². The summed E-state index contributed by atoms with van der Waals surface area (Å²) >= 11 is 1.63. The van der Waals surface area contributed by atoms with Gasteiger partial charge in [-0.05, 0) is 36.4 Å². The Morgan fingerprint density at radius 1 is 1.37 bits per heavy atom. The molecule has 0 aromatic carbocycles. The fourth-order valence-electron chi connectivity index (χ4n) is 3.46. The van der Waals surface area contributed by atoms with Crippen molar-refractivity contribution in [2.45, 2.75) is 19.4 Å². The van der Waals surface area contributed by atoms with E-state index in [1.165, 1.54) is 4.57 Å². The maximum atomic E-state index is 12.8. The summed E-state index contributed by atoms with van der Waals surface area (Å²) in [5.41, 5.74) is 1.06. The van der Waals surface area contributed by atoms with Crippen molar-refractivity contribution in [1.82, 2.24) is 19.9 Å². The Morgan fingerprint density at radius 2 is 2.26 bits per heavy atom. The molecule has 4 heterocycles. The number of rotatable bonds is 4. The molecule has 4 rings (SSSR count). The second kappa shape index (κ2) is 7.48.